The minimum atomic E-state index is -0.831. The van der Waals surface area contributed by atoms with Crippen LogP contribution >= 0.6 is 0 Å². The SMILES string of the molecule is CC\C=C/C=C\C=C/C=C\C=C\C=C/CCCCCC(=O)OCC(COC(=O)CCCCCCCCC/C=C\CCCCCCCCCC)OC(=O)CCCCC\C=C/C=C/C=C\C=C/C=C\C=C/CC. The van der Waals surface area contributed by atoms with Crippen molar-refractivity contribution >= 4 is 17.9 Å². The van der Waals surface area contributed by atoms with E-state index in [1.54, 1.807) is 0 Å². The molecule has 0 spiro atoms. The van der Waals surface area contributed by atoms with Crippen LogP contribution in [-0.4, -0.2) is 37.2 Å². The fourth-order valence-electron chi connectivity index (χ4n) is 7.15. The first kappa shape index (κ1) is 66.0. The van der Waals surface area contributed by atoms with Crippen LogP contribution < -0.4 is 0 Å². The second-order valence-corrected chi connectivity index (χ2v) is 18.0. The van der Waals surface area contributed by atoms with E-state index >= 15 is 0 Å². The molecule has 6 heteroatoms. The average Bonchev–Trinajstić information content (AvgIpc) is 3.37. The Balaban J connectivity index is 4.59. The predicted octanol–water partition coefficient (Wildman–Crippen LogP) is 19.0. The van der Waals surface area contributed by atoms with E-state index in [4.69, 9.17) is 14.2 Å². The number of rotatable bonds is 48. The third kappa shape index (κ3) is 55.8. The Labute approximate surface area is 435 Å². The monoisotopic (exact) mass is 977 g/mol. The molecule has 0 aliphatic heterocycles. The van der Waals surface area contributed by atoms with Crippen LogP contribution in [0, 0.1) is 0 Å². The first-order chi connectivity index (χ1) is 35.0. The van der Waals surface area contributed by atoms with Crippen molar-refractivity contribution in [1.29, 1.82) is 0 Å². The van der Waals surface area contributed by atoms with Gasteiger partial charge in [-0.05, 0) is 83.5 Å². The van der Waals surface area contributed by atoms with Gasteiger partial charge in [0.1, 0.15) is 13.2 Å². The van der Waals surface area contributed by atoms with Crippen LogP contribution in [0.2, 0.25) is 0 Å². The summed E-state index contributed by atoms with van der Waals surface area (Å²) in [5.41, 5.74) is 0. The molecule has 0 saturated carbocycles. The number of allylic oxidation sites excluding steroid dienone is 26. The Morgan fingerprint density at radius 1 is 0.296 bits per heavy atom. The molecule has 0 radical (unpaired) electrons. The van der Waals surface area contributed by atoms with Crippen LogP contribution in [0.5, 0.6) is 0 Å². The van der Waals surface area contributed by atoms with Gasteiger partial charge in [-0.15, -0.1) is 0 Å². The van der Waals surface area contributed by atoms with Crippen LogP contribution in [0.1, 0.15) is 213 Å². The number of carbonyl (C=O) groups excluding carboxylic acids is 3. The van der Waals surface area contributed by atoms with Gasteiger partial charge in [0.05, 0.1) is 0 Å². The lowest BCUT2D eigenvalue weighted by Crippen LogP contribution is -2.30. The highest BCUT2D eigenvalue weighted by atomic mass is 16.6. The maximum atomic E-state index is 12.8. The van der Waals surface area contributed by atoms with Crippen LogP contribution in [0.15, 0.2) is 158 Å². The van der Waals surface area contributed by atoms with E-state index in [9.17, 15) is 14.4 Å². The van der Waals surface area contributed by atoms with Crippen LogP contribution in [0.4, 0.5) is 0 Å². The molecule has 0 N–H and O–H groups in total. The normalized spacial score (nSPS) is 13.3. The maximum absolute atomic E-state index is 12.8. The number of hydrogen-bond donors (Lipinski definition) is 0. The fraction of sp³-hybridized carbons (Fsp3) is 0.554. The molecule has 0 aromatic rings. The highest BCUT2D eigenvalue weighted by Gasteiger charge is 2.19. The number of esters is 3. The van der Waals surface area contributed by atoms with Crippen molar-refractivity contribution in [3.05, 3.63) is 158 Å². The van der Waals surface area contributed by atoms with E-state index in [0.717, 1.165) is 70.6 Å². The third-order valence-electron chi connectivity index (χ3n) is 11.3. The van der Waals surface area contributed by atoms with Crippen molar-refractivity contribution in [3.8, 4) is 0 Å². The van der Waals surface area contributed by atoms with Gasteiger partial charge >= 0.3 is 17.9 Å². The van der Waals surface area contributed by atoms with Gasteiger partial charge in [0.2, 0.25) is 0 Å². The molecule has 0 aromatic carbocycles. The maximum Gasteiger partial charge on any atom is 0.306 e. The summed E-state index contributed by atoms with van der Waals surface area (Å²) >= 11 is 0. The van der Waals surface area contributed by atoms with Gasteiger partial charge in [0.15, 0.2) is 6.10 Å². The minimum Gasteiger partial charge on any atom is -0.462 e. The molecular formula is C65H100O6. The van der Waals surface area contributed by atoms with E-state index in [-0.39, 0.29) is 44.0 Å². The Hall–Kier alpha value is -4.97. The Morgan fingerprint density at radius 2 is 0.563 bits per heavy atom. The number of ether oxygens (including phenoxy) is 3. The molecule has 396 valence electrons. The van der Waals surface area contributed by atoms with Crippen LogP contribution in [0.3, 0.4) is 0 Å². The van der Waals surface area contributed by atoms with Crippen molar-refractivity contribution in [1.82, 2.24) is 0 Å². The largest absolute Gasteiger partial charge is 0.462 e. The Bertz CT molecular complexity index is 1640. The number of carbonyl (C=O) groups is 3. The zero-order valence-electron chi connectivity index (χ0n) is 45.2. The summed E-state index contributed by atoms with van der Waals surface area (Å²) in [6, 6.07) is 0. The summed E-state index contributed by atoms with van der Waals surface area (Å²) in [6.07, 6.45) is 83.7. The summed E-state index contributed by atoms with van der Waals surface area (Å²) < 4.78 is 16.8. The molecule has 0 fully saturated rings. The van der Waals surface area contributed by atoms with E-state index in [0.29, 0.717) is 19.3 Å². The quantitative estimate of drug-likeness (QED) is 0.0199. The standard InChI is InChI=1S/C65H100O6/c1-4-7-10-13-16-19-22-25-28-31-32-35-37-40-43-46-49-52-55-58-64(67)70-61-62(71-65(68)59-56-53-50-47-44-41-38-34-30-27-24-21-18-15-12-9-6-3)60-69-63(66)57-54-51-48-45-42-39-36-33-29-26-23-20-17-14-11-8-5-2/h8-9,11-12,14-15,17-18,20-21,23-24,26-27,29-34,36,38-39,41-42,44,62H,4-7,10,13,16,19,22,25,28,35,37,40,43,45-61H2,1-3H3/b11-8-,12-9-,17-14-,18-15-,23-20-,24-21-,29-26-,30-27-,32-31-,36-33+,38-34+,42-39-,44-41-. The number of hydrogen-bond acceptors (Lipinski definition) is 6. The second kappa shape index (κ2) is 57.6. The molecule has 0 rings (SSSR count). The third-order valence-corrected chi connectivity index (χ3v) is 11.3. The fourth-order valence-corrected chi connectivity index (χ4v) is 7.15. The average molecular weight is 978 g/mol. The van der Waals surface area contributed by atoms with Gasteiger partial charge in [-0.1, -0.05) is 269 Å². The lowest BCUT2D eigenvalue weighted by atomic mass is 10.1. The van der Waals surface area contributed by atoms with Gasteiger partial charge in [-0.2, -0.15) is 0 Å². The van der Waals surface area contributed by atoms with Crippen molar-refractivity contribution in [2.75, 3.05) is 13.2 Å². The predicted molar refractivity (Wildman–Crippen MR) is 306 cm³/mol. The molecule has 71 heavy (non-hydrogen) atoms. The summed E-state index contributed by atoms with van der Waals surface area (Å²) in [7, 11) is 0. The van der Waals surface area contributed by atoms with Crippen molar-refractivity contribution in [2.45, 2.75) is 219 Å². The molecule has 0 bridgehead atoms. The van der Waals surface area contributed by atoms with Crippen LogP contribution in [-0.2, 0) is 28.6 Å². The first-order valence-corrected chi connectivity index (χ1v) is 28.2. The van der Waals surface area contributed by atoms with E-state index in [1.807, 2.05) is 122 Å². The lowest BCUT2D eigenvalue weighted by molar-refractivity contribution is -0.167. The highest BCUT2D eigenvalue weighted by Crippen LogP contribution is 2.14. The van der Waals surface area contributed by atoms with Gasteiger partial charge in [0, 0.05) is 19.3 Å². The molecule has 1 unspecified atom stereocenters. The summed E-state index contributed by atoms with van der Waals surface area (Å²) in [6.45, 7) is 6.26. The zero-order chi connectivity index (χ0) is 51.4. The van der Waals surface area contributed by atoms with E-state index in [2.05, 4.69) is 57.2 Å². The molecule has 6 nitrogen and oxygen atoms in total. The molecular weight excluding hydrogens is 877 g/mol. The molecule has 0 aromatic heterocycles. The van der Waals surface area contributed by atoms with Crippen molar-refractivity contribution < 1.29 is 28.6 Å². The van der Waals surface area contributed by atoms with E-state index < -0.39 is 6.10 Å². The van der Waals surface area contributed by atoms with Crippen molar-refractivity contribution in [3.63, 3.8) is 0 Å². The van der Waals surface area contributed by atoms with Crippen molar-refractivity contribution in [2.24, 2.45) is 0 Å². The lowest BCUT2D eigenvalue weighted by Gasteiger charge is -2.18. The van der Waals surface area contributed by atoms with Crippen LogP contribution in [0.25, 0.3) is 0 Å². The Kier molecular flexibility index (Phi) is 53.6. The first-order valence-electron chi connectivity index (χ1n) is 28.2. The second-order valence-electron chi connectivity index (χ2n) is 18.0. The number of unbranched alkanes of at least 4 members (excludes halogenated alkanes) is 21. The summed E-state index contributed by atoms with van der Waals surface area (Å²) in [5.74, 6) is -1.02. The Morgan fingerprint density at radius 3 is 0.915 bits per heavy atom. The molecule has 0 aliphatic carbocycles. The zero-order valence-corrected chi connectivity index (χ0v) is 45.2. The minimum absolute atomic E-state index is 0.121. The molecule has 0 heterocycles. The molecule has 0 saturated heterocycles. The van der Waals surface area contributed by atoms with Gasteiger partial charge < -0.3 is 14.2 Å². The van der Waals surface area contributed by atoms with Gasteiger partial charge in [-0.3, -0.25) is 14.4 Å². The highest BCUT2D eigenvalue weighted by molar-refractivity contribution is 5.71. The molecule has 0 amide bonds. The smallest absolute Gasteiger partial charge is 0.306 e. The summed E-state index contributed by atoms with van der Waals surface area (Å²) in [5, 5.41) is 0. The summed E-state index contributed by atoms with van der Waals surface area (Å²) in [4.78, 5) is 38.2. The van der Waals surface area contributed by atoms with Gasteiger partial charge in [0.25, 0.3) is 0 Å². The molecule has 0 aliphatic rings. The molecule has 1 atom stereocenters. The van der Waals surface area contributed by atoms with Gasteiger partial charge in [-0.25, -0.2) is 0 Å². The van der Waals surface area contributed by atoms with E-state index in [1.165, 1.54) is 89.9 Å². The topological polar surface area (TPSA) is 78.9 Å².